The fourth-order valence-corrected chi connectivity index (χ4v) is 2.48. The van der Waals surface area contributed by atoms with Crippen molar-refractivity contribution in [2.75, 3.05) is 12.4 Å². The molecule has 1 heterocycles. The molecule has 2 aromatic carbocycles. The Bertz CT molecular complexity index is 748. The van der Waals surface area contributed by atoms with Crippen LogP contribution in [0.25, 0.3) is 22.2 Å². The van der Waals surface area contributed by atoms with Crippen molar-refractivity contribution in [3.8, 4) is 11.3 Å². The van der Waals surface area contributed by atoms with Gasteiger partial charge in [0.25, 0.3) is 0 Å². The van der Waals surface area contributed by atoms with Gasteiger partial charge in [-0.3, -0.25) is 0 Å². The molecule has 0 unspecified atom stereocenters. The summed E-state index contributed by atoms with van der Waals surface area (Å²) in [6.07, 6.45) is 0. The summed E-state index contributed by atoms with van der Waals surface area (Å²) in [5, 5.41) is 4.22. The van der Waals surface area contributed by atoms with Crippen LogP contribution in [0.4, 0.5) is 10.1 Å². The minimum absolute atomic E-state index is 0.175. The van der Waals surface area contributed by atoms with Crippen molar-refractivity contribution in [1.29, 1.82) is 0 Å². The number of anilines is 1. The standard InChI is InChI=1S/C17H17FN2/c1-10-4-5-12(7-15(10)19-3)16-8-13-6-11(2)14(18)9-17(13)20-16/h4-9,19-20H,1-3H3. The van der Waals surface area contributed by atoms with Crippen molar-refractivity contribution in [2.24, 2.45) is 0 Å². The first kappa shape index (κ1) is 12.7. The molecular weight excluding hydrogens is 251 g/mol. The van der Waals surface area contributed by atoms with Gasteiger partial charge in [-0.1, -0.05) is 12.1 Å². The first-order chi connectivity index (χ1) is 9.58. The van der Waals surface area contributed by atoms with Gasteiger partial charge in [-0.25, -0.2) is 4.39 Å². The van der Waals surface area contributed by atoms with Gasteiger partial charge in [-0.2, -0.15) is 0 Å². The van der Waals surface area contributed by atoms with Crippen LogP contribution in [-0.2, 0) is 0 Å². The molecule has 0 radical (unpaired) electrons. The second-order valence-electron chi connectivity index (χ2n) is 5.15. The second-order valence-corrected chi connectivity index (χ2v) is 5.15. The average molecular weight is 268 g/mol. The number of aromatic amines is 1. The van der Waals surface area contributed by atoms with E-state index in [4.69, 9.17) is 0 Å². The van der Waals surface area contributed by atoms with Crippen LogP contribution in [0.1, 0.15) is 11.1 Å². The summed E-state index contributed by atoms with van der Waals surface area (Å²) >= 11 is 0. The molecule has 0 aliphatic heterocycles. The van der Waals surface area contributed by atoms with Crippen molar-refractivity contribution in [2.45, 2.75) is 13.8 Å². The van der Waals surface area contributed by atoms with Crippen LogP contribution < -0.4 is 5.32 Å². The molecule has 3 heteroatoms. The Hall–Kier alpha value is -2.29. The minimum Gasteiger partial charge on any atom is -0.388 e. The van der Waals surface area contributed by atoms with Gasteiger partial charge < -0.3 is 10.3 Å². The van der Waals surface area contributed by atoms with E-state index in [-0.39, 0.29) is 5.82 Å². The number of hydrogen-bond acceptors (Lipinski definition) is 1. The number of nitrogens with one attached hydrogen (secondary N) is 2. The van der Waals surface area contributed by atoms with E-state index in [2.05, 4.69) is 41.5 Å². The highest BCUT2D eigenvalue weighted by molar-refractivity contribution is 5.87. The molecule has 102 valence electrons. The Kier molecular flexibility index (Phi) is 2.97. The fourth-order valence-electron chi connectivity index (χ4n) is 2.48. The molecule has 0 saturated heterocycles. The molecule has 0 spiro atoms. The third kappa shape index (κ3) is 2.05. The van der Waals surface area contributed by atoms with Gasteiger partial charge in [-0.15, -0.1) is 0 Å². The van der Waals surface area contributed by atoms with Gasteiger partial charge in [0.1, 0.15) is 5.82 Å². The molecule has 2 nitrogen and oxygen atoms in total. The number of hydrogen-bond donors (Lipinski definition) is 2. The SMILES string of the molecule is CNc1cc(-c2cc3cc(C)c(F)cc3[nH]2)ccc1C. The summed E-state index contributed by atoms with van der Waals surface area (Å²) in [5.74, 6) is -0.175. The zero-order valence-electron chi connectivity index (χ0n) is 11.8. The van der Waals surface area contributed by atoms with Gasteiger partial charge in [0.05, 0.1) is 0 Å². The van der Waals surface area contributed by atoms with Crippen LogP contribution >= 0.6 is 0 Å². The summed E-state index contributed by atoms with van der Waals surface area (Å²) in [7, 11) is 1.91. The smallest absolute Gasteiger partial charge is 0.128 e. The van der Waals surface area contributed by atoms with E-state index >= 15 is 0 Å². The zero-order chi connectivity index (χ0) is 14.3. The van der Waals surface area contributed by atoms with E-state index in [0.717, 1.165) is 27.8 Å². The lowest BCUT2D eigenvalue weighted by Gasteiger charge is -2.07. The Morgan fingerprint density at radius 2 is 1.80 bits per heavy atom. The summed E-state index contributed by atoms with van der Waals surface area (Å²) in [4.78, 5) is 3.28. The predicted molar refractivity (Wildman–Crippen MR) is 82.7 cm³/mol. The molecule has 0 fully saturated rings. The third-order valence-electron chi connectivity index (χ3n) is 3.72. The summed E-state index contributed by atoms with van der Waals surface area (Å²) in [6.45, 7) is 3.85. The quantitative estimate of drug-likeness (QED) is 0.696. The minimum atomic E-state index is -0.175. The molecule has 3 aromatic rings. The van der Waals surface area contributed by atoms with E-state index < -0.39 is 0 Å². The van der Waals surface area contributed by atoms with Gasteiger partial charge in [0.2, 0.25) is 0 Å². The molecule has 0 atom stereocenters. The van der Waals surface area contributed by atoms with Crippen molar-refractivity contribution in [1.82, 2.24) is 4.98 Å². The second kappa shape index (κ2) is 4.67. The number of aryl methyl sites for hydroxylation is 2. The van der Waals surface area contributed by atoms with Crippen molar-refractivity contribution < 1.29 is 4.39 Å². The lowest BCUT2D eigenvalue weighted by molar-refractivity contribution is 0.620. The van der Waals surface area contributed by atoms with Crippen LogP contribution in [0.3, 0.4) is 0 Å². The first-order valence-corrected chi connectivity index (χ1v) is 6.66. The van der Waals surface area contributed by atoms with Crippen LogP contribution in [0, 0.1) is 19.7 Å². The molecule has 0 amide bonds. The zero-order valence-corrected chi connectivity index (χ0v) is 11.8. The molecule has 0 aliphatic carbocycles. The lowest BCUT2D eigenvalue weighted by atomic mass is 10.1. The molecule has 0 saturated carbocycles. The highest BCUT2D eigenvalue weighted by atomic mass is 19.1. The Balaban J connectivity index is 2.14. The molecule has 0 aliphatic rings. The van der Waals surface area contributed by atoms with Gasteiger partial charge in [0, 0.05) is 34.9 Å². The predicted octanol–water partition coefficient (Wildman–Crippen LogP) is 4.63. The first-order valence-electron chi connectivity index (χ1n) is 6.66. The monoisotopic (exact) mass is 268 g/mol. The van der Waals surface area contributed by atoms with E-state index in [0.29, 0.717) is 5.56 Å². The summed E-state index contributed by atoms with van der Waals surface area (Å²) < 4.78 is 13.6. The number of fused-ring (bicyclic) bond motifs is 1. The fraction of sp³-hybridized carbons (Fsp3) is 0.176. The molecule has 2 N–H and O–H groups in total. The van der Waals surface area contributed by atoms with Crippen molar-refractivity contribution in [3.63, 3.8) is 0 Å². The van der Waals surface area contributed by atoms with E-state index in [1.54, 1.807) is 13.0 Å². The number of halogens is 1. The molecule has 20 heavy (non-hydrogen) atoms. The molecule has 3 rings (SSSR count). The van der Waals surface area contributed by atoms with Crippen LogP contribution in [0.5, 0.6) is 0 Å². The lowest BCUT2D eigenvalue weighted by Crippen LogP contribution is -1.91. The highest BCUT2D eigenvalue weighted by Gasteiger charge is 2.07. The number of rotatable bonds is 2. The van der Waals surface area contributed by atoms with Crippen LogP contribution in [0.15, 0.2) is 36.4 Å². The average Bonchev–Trinajstić information content (AvgIpc) is 2.82. The van der Waals surface area contributed by atoms with E-state index in [9.17, 15) is 4.39 Å². The largest absolute Gasteiger partial charge is 0.388 e. The van der Waals surface area contributed by atoms with Crippen molar-refractivity contribution in [3.05, 3.63) is 53.3 Å². The highest BCUT2D eigenvalue weighted by Crippen LogP contribution is 2.28. The number of aromatic nitrogens is 1. The van der Waals surface area contributed by atoms with E-state index in [1.165, 1.54) is 5.56 Å². The van der Waals surface area contributed by atoms with Crippen molar-refractivity contribution >= 4 is 16.6 Å². The number of benzene rings is 2. The van der Waals surface area contributed by atoms with E-state index in [1.807, 2.05) is 13.1 Å². The van der Waals surface area contributed by atoms with Gasteiger partial charge in [0.15, 0.2) is 0 Å². The maximum Gasteiger partial charge on any atom is 0.128 e. The maximum atomic E-state index is 13.6. The van der Waals surface area contributed by atoms with Crippen LogP contribution in [0.2, 0.25) is 0 Å². The Labute approximate surface area is 117 Å². The summed E-state index contributed by atoms with van der Waals surface area (Å²) in [5.41, 5.74) is 5.89. The molecular formula is C17H17FN2. The summed E-state index contributed by atoms with van der Waals surface area (Å²) in [6, 6.07) is 11.7. The topological polar surface area (TPSA) is 27.8 Å². The Morgan fingerprint density at radius 3 is 2.55 bits per heavy atom. The maximum absolute atomic E-state index is 13.6. The Morgan fingerprint density at radius 1 is 1.00 bits per heavy atom. The number of H-pyrrole nitrogens is 1. The van der Waals surface area contributed by atoms with Gasteiger partial charge in [-0.05, 0) is 49.2 Å². The van der Waals surface area contributed by atoms with Crippen LogP contribution in [-0.4, -0.2) is 12.0 Å². The molecule has 0 bridgehead atoms. The molecule has 1 aromatic heterocycles. The third-order valence-corrected chi connectivity index (χ3v) is 3.72. The van der Waals surface area contributed by atoms with Gasteiger partial charge >= 0.3 is 0 Å². The normalized spacial score (nSPS) is 11.0.